The lowest BCUT2D eigenvalue weighted by Gasteiger charge is -1.76. The Morgan fingerprint density at radius 1 is 1.83 bits per heavy atom. The quantitative estimate of drug-likeness (QED) is 0.356. The van der Waals surface area contributed by atoms with Crippen LogP contribution >= 0.6 is 0 Å². The maximum atomic E-state index is 7.65. The van der Waals surface area contributed by atoms with Crippen molar-refractivity contribution >= 4 is 0 Å². The van der Waals surface area contributed by atoms with Gasteiger partial charge in [0, 0.05) is 5.90 Å². The van der Waals surface area contributed by atoms with E-state index >= 15 is 0 Å². The third-order valence-electron chi connectivity index (χ3n) is 0.406. The Labute approximate surface area is 37.6 Å². The van der Waals surface area contributed by atoms with Gasteiger partial charge in [0.2, 0.25) is 0 Å². The lowest BCUT2D eigenvalue weighted by atomic mass is 10.6. The molecule has 0 aliphatic rings. The maximum absolute atomic E-state index is 7.65. The number of hydrogen-bond acceptors (Lipinski definition) is 1. The van der Waals surface area contributed by atoms with Gasteiger partial charge >= 0.3 is 0 Å². The molecule has 0 aromatic rings. The zero-order chi connectivity index (χ0) is 4.83. The average molecular weight is 85.1 g/mol. The van der Waals surface area contributed by atoms with Crippen molar-refractivity contribution in [2.75, 3.05) is 6.61 Å². The first-order chi connectivity index (χ1) is 2.91. The first-order valence-electron chi connectivity index (χ1n) is 1.79. The van der Waals surface area contributed by atoms with E-state index in [1.165, 1.54) is 0 Å². The van der Waals surface area contributed by atoms with Crippen molar-refractivity contribution < 1.29 is 4.84 Å². The molecule has 0 atom stereocenters. The van der Waals surface area contributed by atoms with Gasteiger partial charge in [-0.3, -0.25) is 4.84 Å². The highest BCUT2D eigenvalue weighted by Gasteiger charge is 1.65. The van der Waals surface area contributed by atoms with Gasteiger partial charge < -0.3 is 0 Å². The van der Waals surface area contributed by atoms with Crippen molar-refractivity contribution in [1.82, 2.24) is 5.90 Å². The molecule has 2 radical (unpaired) electrons. The minimum absolute atomic E-state index is 0.288. The zero-order valence-corrected chi connectivity index (χ0v) is 3.72. The van der Waals surface area contributed by atoms with Crippen LogP contribution in [-0.2, 0) is 4.84 Å². The number of nitrogens with zero attached hydrogens (tertiary/aromatic N) is 1. The Morgan fingerprint density at radius 2 is 2.50 bits per heavy atom. The molecule has 0 aromatic heterocycles. The molecule has 0 saturated heterocycles. The standard InChI is InChI=1S/C4H7NO/c1-2-3-4-6-5/h2-3H,4H2,1H3. The van der Waals surface area contributed by atoms with Gasteiger partial charge in [-0.15, -0.1) is 0 Å². The summed E-state index contributed by atoms with van der Waals surface area (Å²) in [5, 5.41) is 0. The van der Waals surface area contributed by atoms with Gasteiger partial charge in [-0.25, -0.2) is 0 Å². The molecule has 0 bridgehead atoms. The molecule has 0 rings (SSSR count). The van der Waals surface area contributed by atoms with Gasteiger partial charge in [0.05, 0.1) is 6.61 Å². The number of rotatable bonds is 2. The number of hydrogen-bond donors (Lipinski definition) is 0. The largest absolute Gasteiger partial charge is 0.259 e. The molecule has 0 unspecified atom stereocenters. The van der Waals surface area contributed by atoms with E-state index in [9.17, 15) is 0 Å². The third-order valence-corrected chi connectivity index (χ3v) is 0.406. The minimum atomic E-state index is 0.288. The van der Waals surface area contributed by atoms with Crippen LogP contribution in [0.15, 0.2) is 12.2 Å². The number of allylic oxidation sites excluding steroid dienone is 1. The Hall–Kier alpha value is -0.340. The summed E-state index contributed by atoms with van der Waals surface area (Å²) in [5.74, 6) is 7.65. The van der Waals surface area contributed by atoms with Gasteiger partial charge in [-0.2, -0.15) is 0 Å². The predicted molar refractivity (Wildman–Crippen MR) is 22.9 cm³/mol. The topological polar surface area (TPSA) is 31.5 Å². The van der Waals surface area contributed by atoms with Crippen LogP contribution in [-0.4, -0.2) is 6.61 Å². The van der Waals surface area contributed by atoms with E-state index in [0.29, 0.717) is 0 Å². The highest BCUT2D eigenvalue weighted by molar-refractivity contribution is 4.75. The van der Waals surface area contributed by atoms with Crippen molar-refractivity contribution in [2.24, 2.45) is 0 Å². The monoisotopic (exact) mass is 85.1 g/mol. The molecule has 0 aliphatic heterocycles. The molecule has 0 aromatic carbocycles. The van der Waals surface area contributed by atoms with E-state index in [4.69, 9.17) is 5.90 Å². The first kappa shape index (κ1) is 5.66. The van der Waals surface area contributed by atoms with Gasteiger partial charge in [-0.05, 0) is 6.92 Å². The molecule has 0 spiro atoms. The van der Waals surface area contributed by atoms with Crippen molar-refractivity contribution in [3.63, 3.8) is 0 Å². The van der Waals surface area contributed by atoms with E-state index in [1.54, 1.807) is 12.2 Å². The second kappa shape index (κ2) is 4.66. The molecule has 2 nitrogen and oxygen atoms in total. The zero-order valence-electron chi connectivity index (χ0n) is 3.72. The van der Waals surface area contributed by atoms with Gasteiger partial charge in [-0.1, -0.05) is 12.2 Å². The summed E-state index contributed by atoms with van der Waals surface area (Å²) >= 11 is 0. The molecule has 2 heteroatoms. The fourth-order valence-electron chi connectivity index (χ4n) is 0.139. The molecular weight excluding hydrogens is 78.0 g/mol. The second-order valence-electron chi connectivity index (χ2n) is 0.865. The summed E-state index contributed by atoms with van der Waals surface area (Å²) in [6.07, 6.45) is 3.51. The predicted octanol–water partition coefficient (Wildman–Crippen LogP) is 0.563. The van der Waals surface area contributed by atoms with Crippen LogP contribution in [0, 0.1) is 0 Å². The lowest BCUT2D eigenvalue weighted by Crippen LogP contribution is -1.82. The summed E-state index contributed by atoms with van der Waals surface area (Å²) in [6.45, 7) is 2.15. The molecular formula is C4H7NO. The molecule has 34 valence electrons. The Balaban J connectivity index is 2.66. The van der Waals surface area contributed by atoms with Crippen LogP contribution in [0.2, 0.25) is 0 Å². The van der Waals surface area contributed by atoms with E-state index in [-0.39, 0.29) is 6.61 Å². The Morgan fingerprint density at radius 3 is 2.67 bits per heavy atom. The van der Waals surface area contributed by atoms with Crippen LogP contribution < -0.4 is 5.90 Å². The summed E-state index contributed by atoms with van der Waals surface area (Å²) in [6, 6.07) is 0. The van der Waals surface area contributed by atoms with Crippen molar-refractivity contribution in [3.8, 4) is 0 Å². The van der Waals surface area contributed by atoms with Gasteiger partial charge in [0.15, 0.2) is 0 Å². The molecule has 0 heterocycles. The smallest absolute Gasteiger partial charge is 0.0901 e. The summed E-state index contributed by atoms with van der Waals surface area (Å²) in [7, 11) is 0. The lowest BCUT2D eigenvalue weighted by molar-refractivity contribution is 0.146. The molecule has 0 amide bonds. The summed E-state index contributed by atoms with van der Waals surface area (Å²) in [4.78, 5) is 3.70. The van der Waals surface area contributed by atoms with Crippen molar-refractivity contribution in [1.29, 1.82) is 0 Å². The van der Waals surface area contributed by atoms with E-state index in [1.807, 2.05) is 6.92 Å². The van der Waals surface area contributed by atoms with Crippen LogP contribution in [0.4, 0.5) is 0 Å². The van der Waals surface area contributed by atoms with Crippen molar-refractivity contribution in [3.05, 3.63) is 12.2 Å². The molecule has 0 fully saturated rings. The first-order valence-corrected chi connectivity index (χ1v) is 1.79. The van der Waals surface area contributed by atoms with Gasteiger partial charge in [0.1, 0.15) is 0 Å². The van der Waals surface area contributed by atoms with E-state index in [2.05, 4.69) is 4.84 Å². The highest BCUT2D eigenvalue weighted by Crippen LogP contribution is 1.67. The highest BCUT2D eigenvalue weighted by atomic mass is 16.6. The molecule has 0 saturated carbocycles. The maximum Gasteiger partial charge on any atom is 0.0901 e. The normalized spacial score (nSPS) is 10.3. The van der Waals surface area contributed by atoms with Crippen LogP contribution in [0.1, 0.15) is 6.92 Å². The van der Waals surface area contributed by atoms with Gasteiger partial charge in [0.25, 0.3) is 0 Å². The molecule has 0 N–H and O–H groups in total. The summed E-state index contributed by atoms with van der Waals surface area (Å²) < 4.78 is 0. The average Bonchev–Trinajstić information content (AvgIpc) is 1.61. The molecule has 6 heavy (non-hydrogen) atoms. The van der Waals surface area contributed by atoms with Crippen LogP contribution in [0.25, 0.3) is 0 Å². The SMILES string of the molecule is CC=CCO[N]. The van der Waals surface area contributed by atoms with Crippen molar-refractivity contribution in [2.45, 2.75) is 6.92 Å². The van der Waals surface area contributed by atoms with E-state index in [0.717, 1.165) is 0 Å². The minimum Gasteiger partial charge on any atom is -0.259 e. The fraction of sp³-hybridized carbons (Fsp3) is 0.500. The van der Waals surface area contributed by atoms with E-state index < -0.39 is 0 Å². The van der Waals surface area contributed by atoms with Crippen LogP contribution in [0.5, 0.6) is 0 Å². The molecule has 0 aliphatic carbocycles. The Bertz CT molecular complexity index is 42.8. The Kier molecular flexibility index (Phi) is 4.40. The fourth-order valence-corrected chi connectivity index (χ4v) is 0.139. The third kappa shape index (κ3) is 3.66. The second-order valence-corrected chi connectivity index (χ2v) is 0.865. The summed E-state index contributed by atoms with van der Waals surface area (Å²) in [5.41, 5.74) is 0. The van der Waals surface area contributed by atoms with Crippen LogP contribution in [0.3, 0.4) is 0 Å².